The van der Waals surface area contributed by atoms with E-state index >= 15 is 0 Å². The van der Waals surface area contributed by atoms with Gasteiger partial charge in [0, 0.05) is 29.3 Å². The van der Waals surface area contributed by atoms with Crippen molar-refractivity contribution in [1.29, 1.82) is 0 Å². The fourth-order valence-corrected chi connectivity index (χ4v) is 2.12. The highest BCUT2D eigenvalue weighted by molar-refractivity contribution is 9.10. The fourth-order valence-electron chi connectivity index (χ4n) is 1.76. The highest BCUT2D eigenvalue weighted by Gasteiger charge is 2.18. The van der Waals surface area contributed by atoms with Gasteiger partial charge in [0.25, 0.3) is 11.6 Å². The van der Waals surface area contributed by atoms with E-state index in [0.717, 1.165) is 0 Å². The summed E-state index contributed by atoms with van der Waals surface area (Å²) in [5.41, 5.74) is 0.281. The molecular formula is C14H10BrFN2O3. The number of anilines is 1. The van der Waals surface area contributed by atoms with Gasteiger partial charge in [-0.15, -0.1) is 0 Å². The molecule has 0 aliphatic heterocycles. The third-order valence-electron chi connectivity index (χ3n) is 2.91. The average molecular weight is 353 g/mol. The Hall–Kier alpha value is -2.28. The van der Waals surface area contributed by atoms with Crippen molar-refractivity contribution in [3.63, 3.8) is 0 Å². The quantitative estimate of drug-likeness (QED) is 0.623. The molecule has 0 unspecified atom stereocenters. The van der Waals surface area contributed by atoms with Gasteiger partial charge in [0.05, 0.1) is 10.5 Å². The summed E-state index contributed by atoms with van der Waals surface area (Å²) in [5, 5.41) is 10.6. The average Bonchev–Trinajstić information content (AvgIpc) is 2.48. The highest BCUT2D eigenvalue weighted by Crippen LogP contribution is 2.22. The van der Waals surface area contributed by atoms with E-state index in [0.29, 0.717) is 10.2 Å². The Bertz CT molecular complexity index is 704. The molecule has 5 nitrogen and oxygen atoms in total. The molecule has 21 heavy (non-hydrogen) atoms. The van der Waals surface area contributed by atoms with Crippen LogP contribution in [0.1, 0.15) is 10.4 Å². The molecule has 108 valence electrons. The zero-order valence-corrected chi connectivity index (χ0v) is 12.5. The Morgan fingerprint density at radius 2 is 1.86 bits per heavy atom. The number of halogens is 2. The molecule has 0 N–H and O–H groups in total. The Morgan fingerprint density at radius 1 is 1.24 bits per heavy atom. The third-order valence-corrected chi connectivity index (χ3v) is 3.40. The van der Waals surface area contributed by atoms with Crippen molar-refractivity contribution in [3.05, 3.63) is 68.4 Å². The Labute approximate surface area is 128 Å². The molecule has 0 aromatic heterocycles. The van der Waals surface area contributed by atoms with Gasteiger partial charge in [-0.3, -0.25) is 14.9 Å². The molecule has 0 spiro atoms. The van der Waals surface area contributed by atoms with E-state index in [1.807, 2.05) is 0 Å². The smallest absolute Gasteiger partial charge is 0.269 e. The lowest BCUT2D eigenvalue weighted by molar-refractivity contribution is -0.384. The van der Waals surface area contributed by atoms with Crippen LogP contribution in [-0.2, 0) is 0 Å². The summed E-state index contributed by atoms with van der Waals surface area (Å²) in [6, 6.07) is 9.53. The Morgan fingerprint density at radius 3 is 2.43 bits per heavy atom. The first-order valence-corrected chi connectivity index (χ1v) is 6.67. The summed E-state index contributed by atoms with van der Waals surface area (Å²) in [6.45, 7) is 0. The van der Waals surface area contributed by atoms with Crippen molar-refractivity contribution >= 4 is 33.2 Å². The molecule has 0 bridgehead atoms. The Kier molecular flexibility index (Phi) is 4.32. The van der Waals surface area contributed by atoms with E-state index in [-0.39, 0.29) is 11.3 Å². The maximum absolute atomic E-state index is 13.7. The molecule has 0 fully saturated rings. The summed E-state index contributed by atoms with van der Waals surface area (Å²) in [7, 11) is 1.48. The van der Waals surface area contributed by atoms with E-state index in [2.05, 4.69) is 15.9 Å². The van der Waals surface area contributed by atoms with Gasteiger partial charge in [-0.25, -0.2) is 4.39 Å². The minimum atomic E-state index is -0.628. The van der Waals surface area contributed by atoms with Gasteiger partial charge in [0.15, 0.2) is 0 Å². The summed E-state index contributed by atoms with van der Waals surface area (Å²) in [5.74, 6) is -1.17. The van der Waals surface area contributed by atoms with Crippen LogP contribution in [0.4, 0.5) is 15.8 Å². The van der Waals surface area contributed by atoms with Crippen molar-refractivity contribution in [3.8, 4) is 0 Å². The van der Waals surface area contributed by atoms with Gasteiger partial charge in [-0.05, 0) is 30.3 Å². The number of carbonyl (C=O) groups excluding carboxylic acids is 1. The van der Waals surface area contributed by atoms with Crippen LogP contribution in [0.15, 0.2) is 46.9 Å². The first-order chi connectivity index (χ1) is 9.90. The number of nitro benzene ring substituents is 1. The SMILES string of the molecule is CN(C(=O)c1cc(Br)ccc1F)c1ccc([N+](=O)[O-])cc1. The van der Waals surface area contributed by atoms with E-state index in [1.54, 1.807) is 0 Å². The van der Waals surface area contributed by atoms with Gasteiger partial charge >= 0.3 is 0 Å². The molecule has 2 rings (SSSR count). The highest BCUT2D eigenvalue weighted by atomic mass is 79.9. The number of carbonyl (C=O) groups is 1. The molecule has 1 amide bonds. The predicted molar refractivity (Wildman–Crippen MR) is 79.9 cm³/mol. The van der Waals surface area contributed by atoms with E-state index in [9.17, 15) is 19.3 Å². The molecule has 7 heteroatoms. The maximum atomic E-state index is 13.7. The monoisotopic (exact) mass is 352 g/mol. The molecule has 2 aromatic rings. The Balaban J connectivity index is 2.30. The minimum Gasteiger partial charge on any atom is -0.311 e. The second-order valence-corrected chi connectivity index (χ2v) is 5.18. The van der Waals surface area contributed by atoms with E-state index < -0.39 is 16.6 Å². The number of hydrogen-bond acceptors (Lipinski definition) is 3. The van der Waals surface area contributed by atoms with Gasteiger partial charge in [-0.2, -0.15) is 0 Å². The van der Waals surface area contributed by atoms with Crippen LogP contribution in [0, 0.1) is 15.9 Å². The van der Waals surface area contributed by atoms with Gasteiger partial charge in [0.2, 0.25) is 0 Å². The van der Waals surface area contributed by atoms with Crippen LogP contribution in [0.5, 0.6) is 0 Å². The normalized spacial score (nSPS) is 10.2. The second kappa shape index (κ2) is 6.01. The molecule has 0 saturated carbocycles. The van der Waals surface area contributed by atoms with Crippen molar-refractivity contribution in [2.24, 2.45) is 0 Å². The summed E-state index contributed by atoms with van der Waals surface area (Å²) in [6.07, 6.45) is 0. The molecule has 0 radical (unpaired) electrons. The van der Waals surface area contributed by atoms with Crippen LogP contribution >= 0.6 is 15.9 Å². The van der Waals surface area contributed by atoms with Crippen LogP contribution in [0.3, 0.4) is 0 Å². The van der Waals surface area contributed by atoms with E-state index in [1.165, 1.54) is 54.4 Å². The molecule has 0 atom stereocenters. The molecule has 0 aliphatic carbocycles. The van der Waals surface area contributed by atoms with Crippen LogP contribution < -0.4 is 4.90 Å². The standard InChI is InChI=1S/C14H10BrFN2O3/c1-17(10-3-5-11(6-4-10)18(20)21)14(19)12-8-9(15)2-7-13(12)16/h2-8H,1H3. The first kappa shape index (κ1) is 15.1. The van der Waals surface area contributed by atoms with Gasteiger partial charge < -0.3 is 4.90 Å². The maximum Gasteiger partial charge on any atom is 0.269 e. The molecular weight excluding hydrogens is 343 g/mol. The van der Waals surface area contributed by atoms with Gasteiger partial charge in [-0.1, -0.05) is 15.9 Å². The molecule has 0 aliphatic rings. The van der Waals surface area contributed by atoms with Crippen molar-refractivity contribution < 1.29 is 14.1 Å². The topological polar surface area (TPSA) is 63.5 Å². The number of hydrogen-bond donors (Lipinski definition) is 0. The largest absolute Gasteiger partial charge is 0.311 e. The molecule has 2 aromatic carbocycles. The lowest BCUT2D eigenvalue weighted by Gasteiger charge is -2.17. The van der Waals surface area contributed by atoms with Crippen molar-refractivity contribution in [1.82, 2.24) is 0 Å². The van der Waals surface area contributed by atoms with Crippen molar-refractivity contribution in [2.75, 3.05) is 11.9 Å². The third kappa shape index (κ3) is 3.25. The van der Waals surface area contributed by atoms with Crippen LogP contribution in [-0.4, -0.2) is 17.9 Å². The van der Waals surface area contributed by atoms with Gasteiger partial charge in [0.1, 0.15) is 5.82 Å². The minimum absolute atomic E-state index is 0.0757. The zero-order chi connectivity index (χ0) is 15.6. The van der Waals surface area contributed by atoms with Crippen LogP contribution in [0.25, 0.3) is 0 Å². The summed E-state index contributed by atoms with van der Waals surface area (Å²) < 4.78 is 14.3. The molecule has 0 heterocycles. The number of nitrogens with zero attached hydrogens (tertiary/aromatic N) is 2. The fraction of sp³-hybridized carbons (Fsp3) is 0.0714. The summed E-state index contributed by atoms with van der Waals surface area (Å²) >= 11 is 3.18. The lowest BCUT2D eigenvalue weighted by atomic mass is 10.1. The molecule has 0 saturated heterocycles. The number of amides is 1. The lowest BCUT2D eigenvalue weighted by Crippen LogP contribution is -2.27. The van der Waals surface area contributed by atoms with Crippen LogP contribution in [0.2, 0.25) is 0 Å². The number of nitro groups is 1. The summed E-state index contributed by atoms with van der Waals surface area (Å²) in [4.78, 5) is 23.6. The van der Waals surface area contributed by atoms with E-state index in [4.69, 9.17) is 0 Å². The number of rotatable bonds is 3. The zero-order valence-electron chi connectivity index (χ0n) is 10.9. The number of benzene rings is 2. The number of non-ortho nitro benzene ring substituents is 1. The first-order valence-electron chi connectivity index (χ1n) is 5.87. The second-order valence-electron chi connectivity index (χ2n) is 4.26. The van der Waals surface area contributed by atoms with Crippen molar-refractivity contribution in [2.45, 2.75) is 0 Å². The predicted octanol–water partition coefficient (Wildman–Crippen LogP) is 3.77.